The van der Waals surface area contributed by atoms with Gasteiger partial charge >= 0.3 is 12.2 Å². The number of hydrogen-bond acceptors (Lipinski definition) is 4. The second kappa shape index (κ2) is 9.13. The van der Waals surface area contributed by atoms with Gasteiger partial charge in [0.2, 0.25) is 0 Å². The Morgan fingerprint density at radius 2 is 1.87 bits per heavy atom. The van der Waals surface area contributed by atoms with E-state index in [1.165, 1.54) is 43.0 Å². The highest BCUT2D eigenvalue weighted by Crippen LogP contribution is 2.37. The number of fused-ring (bicyclic) bond motifs is 1. The number of carbonyl (C=O) groups excluding carboxylic acids is 1. The number of aromatic nitrogens is 2. The van der Waals surface area contributed by atoms with Gasteiger partial charge in [0.15, 0.2) is 0 Å². The number of nitrogens with zero attached hydrogens (tertiary/aromatic N) is 3. The van der Waals surface area contributed by atoms with Crippen molar-refractivity contribution in [3.05, 3.63) is 59.4 Å². The van der Waals surface area contributed by atoms with Crippen molar-refractivity contribution in [2.45, 2.75) is 39.0 Å². The van der Waals surface area contributed by atoms with Gasteiger partial charge in [0.1, 0.15) is 11.5 Å². The van der Waals surface area contributed by atoms with E-state index in [0.717, 1.165) is 19.2 Å². The lowest BCUT2D eigenvalue weighted by molar-refractivity contribution is -0.138. The zero-order chi connectivity index (χ0) is 22.8. The Labute approximate surface area is 178 Å². The molecule has 168 valence electrons. The zero-order valence-electron chi connectivity index (χ0n) is 17.3. The summed E-state index contributed by atoms with van der Waals surface area (Å²) in [6.45, 7) is 6.08. The Morgan fingerprint density at radius 1 is 1.23 bits per heavy atom. The molecule has 9 heteroatoms. The van der Waals surface area contributed by atoms with Crippen molar-refractivity contribution in [1.82, 2.24) is 14.7 Å². The van der Waals surface area contributed by atoms with Crippen molar-refractivity contribution >= 4 is 11.8 Å². The molecule has 1 saturated carbocycles. The van der Waals surface area contributed by atoms with Gasteiger partial charge in [0, 0.05) is 19.3 Å². The summed E-state index contributed by atoms with van der Waals surface area (Å²) in [5.41, 5.74) is 0.0779. The van der Waals surface area contributed by atoms with Crippen LogP contribution in [0.25, 0.3) is 5.76 Å². The van der Waals surface area contributed by atoms with Gasteiger partial charge in [-0.3, -0.25) is 0 Å². The van der Waals surface area contributed by atoms with Crippen LogP contribution in [0.15, 0.2) is 37.0 Å². The van der Waals surface area contributed by atoms with Crippen LogP contribution in [0.3, 0.4) is 0 Å². The molecule has 4 rings (SSSR count). The van der Waals surface area contributed by atoms with Gasteiger partial charge in [-0.25, -0.2) is 4.79 Å². The molecule has 1 aromatic heterocycles. The summed E-state index contributed by atoms with van der Waals surface area (Å²) >= 11 is 0. The summed E-state index contributed by atoms with van der Waals surface area (Å²) in [6, 6.07) is 5.27. The second-order valence-electron chi connectivity index (χ2n) is 7.98. The molecule has 2 fully saturated rings. The molecule has 1 aliphatic heterocycles. The molecule has 2 aromatic rings. The summed E-state index contributed by atoms with van der Waals surface area (Å²) in [6.07, 6.45) is 1.02. The number of aliphatic hydroxyl groups is 2. The largest absolute Gasteiger partial charge is 0.506 e. The molecule has 1 aromatic carbocycles. The van der Waals surface area contributed by atoms with Crippen LogP contribution in [-0.4, -0.2) is 44.0 Å². The fraction of sp³-hybridized carbons (Fsp3) is 0.455. The zero-order valence-corrected chi connectivity index (χ0v) is 17.3. The number of benzene rings is 1. The van der Waals surface area contributed by atoms with Crippen LogP contribution < -0.4 is 0 Å². The lowest BCUT2D eigenvalue weighted by Gasteiger charge is -2.16. The molecule has 2 N–H and O–H groups in total. The maximum Gasteiger partial charge on any atom is 0.416 e. The number of aliphatic hydroxyl groups excluding tert-OH is 2. The average molecular weight is 437 g/mol. The Bertz CT molecular complexity index is 943. The number of amides is 1. The minimum absolute atomic E-state index is 0.0949. The predicted octanol–water partition coefficient (Wildman–Crippen LogP) is 4.62. The molecular weight excluding hydrogens is 411 g/mol. The van der Waals surface area contributed by atoms with E-state index < -0.39 is 11.7 Å². The Morgan fingerprint density at radius 3 is 2.39 bits per heavy atom. The van der Waals surface area contributed by atoms with Crippen molar-refractivity contribution < 1.29 is 28.2 Å². The van der Waals surface area contributed by atoms with Crippen molar-refractivity contribution in [2.24, 2.45) is 11.8 Å². The number of likely N-dealkylation sites (tertiary alicyclic amines) is 1. The third kappa shape index (κ3) is 5.10. The van der Waals surface area contributed by atoms with E-state index in [-0.39, 0.29) is 24.0 Å². The molecule has 2 unspecified atom stereocenters. The first-order valence-corrected chi connectivity index (χ1v) is 10.1. The summed E-state index contributed by atoms with van der Waals surface area (Å²) in [7, 11) is 0. The Balaban J connectivity index is 0.000000187. The van der Waals surface area contributed by atoms with Gasteiger partial charge in [-0.2, -0.15) is 23.0 Å². The lowest BCUT2D eigenvalue weighted by atomic mass is 10.0. The number of halogens is 3. The molecule has 1 aliphatic carbocycles. The van der Waals surface area contributed by atoms with E-state index in [9.17, 15) is 23.1 Å². The second-order valence-corrected chi connectivity index (χ2v) is 7.98. The molecule has 6 nitrogen and oxygen atoms in total. The number of rotatable bonds is 2. The number of hydrogen-bond donors (Lipinski definition) is 2. The maximum atomic E-state index is 12.3. The van der Waals surface area contributed by atoms with E-state index in [1.807, 2.05) is 4.90 Å². The summed E-state index contributed by atoms with van der Waals surface area (Å²) in [5, 5.41) is 22.0. The summed E-state index contributed by atoms with van der Waals surface area (Å²) in [5.74, 6) is 1.24. The standard InChI is InChI=1S/C13H17N3O2.C9H9F3O/c1-9(17)12-5-6-16(14-12)13(18)15-7-10-3-2-4-11(10)8-15;1-6-7(5-13)3-2-4-8(6)9(10,11)12/h5-6,10-11,17H,1-4,7-8H2;2-4,13H,5H2,1H3. The number of alkyl halides is 3. The topological polar surface area (TPSA) is 78.6 Å². The molecule has 0 bridgehead atoms. The fourth-order valence-electron chi connectivity index (χ4n) is 4.28. The van der Waals surface area contributed by atoms with Crippen LogP contribution in [0.1, 0.15) is 41.6 Å². The molecule has 0 spiro atoms. The van der Waals surface area contributed by atoms with Gasteiger partial charge in [-0.15, -0.1) is 0 Å². The van der Waals surface area contributed by atoms with E-state index in [2.05, 4.69) is 11.7 Å². The molecule has 2 heterocycles. The highest BCUT2D eigenvalue weighted by molar-refractivity contribution is 5.76. The van der Waals surface area contributed by atoms with Crippen LogP contribution >= 0.6 is 0 Å². The average Bonchev–Trinajstić information content (AvgIpc) is 3.43. The molecule has 2 aliphatic rings. The minimum Gasteiger partial charge on any atom is -0.506 e. The first-order valence-electron chi connectivity index (χ1n) is 10.1. The van der Waals surface area contributed by atoms with Crippen LogP contribution in [0.5, 0.6) is 0 Å². The van der Waals surface area contributed by atoms with Crippen LogP contribution in [0.2, 0.25) is 0 Å². The van der Waals surface area contributed by atoms with Crippen LogP contribution in [0.4, 0.5) is 18.0 Å². The van der Waals surface area contributed by atoms with Crippen LogP contribution in [-0.2, 0) is 12.8 Å². The first-order chi connectivity index (χ1) is 14.6. The first kappa shape index (κ1) is 22.9. The third-order valence-electron chi connectivity index (χ3n) is 6.00. The Kier molecular flexibility index (Phi) is 6.74. The van der Waals surface area contributed by atoms with E-state index in [0.29, 0.717) is 23.1 Å². The quantitative estimate of drug-likeness (QED) is 0.672. The van der Waals surface area contributed by atoms with Gasteiger partial charge < -0.3 is 15.1 Å². The van der Waals surface area contributed by atoms with Crippen LogP contribution in [0, 0.1) is 18.8 Å². The predicted molar refractivity (Wildman–Crippen MR) is 109 cm³/mol. The van der Waals surface area contributed by atoms with Gasteiger partial charge in [-0.1, -0.05) is 25.1 Å². The Hall–Kier alpha value is -2.81. The SMILES string of the molecule is C=C(O)c1ccn(C(=O)N2CC3CCCC3C2)n1.Cc1c(CO)cccc1C(F)(F)F. The molecule has 1 saturated heterocycles. The highest BCUT2D eigenvalue weighted by Gasteiger charge is 2.38. The summed E-state index contributed by atoms with van der Waals surface area (Å²) < 4.78 is 38.1. The van der Waals surface area contributed by atoms with E-state index >= 15 is 0 Å². The normalized spacial score (nSPS) is 20.2. The van der Waals surface area contributed by atoms with Gasteiger partial charge in [-0.05, 0) is 54.9 Å². The van der Waals surface area contributed by atoms with Crippen molar-refractivity contribution in [3.63, 3.8) is 0 Å². The summed E-state index contributed by atoms with van der Waals surface area (Å²) in [4.78, 5) is 14.1. The molecule has 1 amide bonds. The number of carbonyl (C=O) groups is 1. The van der Waals surface area contributed by atoms with Gasteiger partial charge in [0.05, 0.1) is 12.2 Å². The third-order valence-corrected chi connectivity index (χ3v) is 6.00. The fourth-order valence-corrected chi connectivity index (χ4v) is 4.28. The minimum atomic E-state index is -4.34. The molecule has 31 heavy (non-hydrogen) atoms. The smallest absolute Gasteiger partial charge is 0.416 e. The highest BCUT2D eigenvalue weighted by atomic mass is 19.4. The van der Waals surface area contributed by atoms with E-state index in [1.54, 1.807) is 12.3 Å². The van der Waals surface area contributed by atoms with Crippen molar-refractivity contribution in [2.75, 3.05) is 13.1 Å². The van der Waals surface area contributed by atoms with Crippen molar-refractivity contribution in [1.29, 1.82) is 0 Å². The molecule has 2 atom stereocenters. The van der Waals surface area contributed by atoms with Crippen molar-refractivity contribution in [3.8, 4) is 0 Å². The molecular formula is C22H26F3N3O3. The molecule has 0 radical (unpaired) electrons. The monoisotopic (exact) mass is 437 g/mol. The maximum absolute atomic E-state index is 12.3. The van der Waals surface area contributed by atoms with E-state index in [4.69, 9.17) is 5.11 Å². The van der Waals surface area contributed by atoms with Gasteiger partial charge in [0.25, 0.3) is 0 Å². The lowest BCUT2D eigenvalue weighted by Crippen LogP contribution is -2.33.